The minimum absolute atomic E-state index is 0.279. The molecule has 0 amide bonds. The average molecular weight is 276 g/mol. The highest BCUT2D eigenvalue weighted by atomic mass is 32.2. The summed E-state index contributed by atoms with van der Waals surface area (Å²) in [6.45, 7) is 0.279. The summed E-state index contributed by atoms with van der Waals surface area (Å²) < 4.78 is 10.6. The Bertz CT molecular complexity index is 600. The molecule has 0 unspecified atom stereocenters. The molecule has 1 aromatic heterocycles. The zero-order valence-electron chi connectivity index (χ0n) is 10.00. The van der Waals surface area contributed by atoms with Gasteiger partial charge in [-0.2, -0.15) is 0 Å². The zero-order valence-corrected chi connectivity index (χ0v) is 10.8. The van der Waals surface area contributed by atoms with Crippen molar-refractivity contribution in [1.29, 1.82) is 0 Å². The summed E-state index contributed by atoms with van der Waals surface area (Å²) in [6.07, 6.45) is 0. The molecule has 1 aromatic carbocycles. The Morgan fingerprint density at radius 3 is 2.58 bits per heavy atom. The van der Waals surface area contributed by atoms with Gasteiger partial charge in [-0.1, -0.05) is 17.8 Å². The van der Waals surface area contributed by atoms with Gasteiger partial charge in [-0.3, -0.25) is 0 Å². The molecule has 7 heteroatoms. The zero-order chi connectivity index (χ0) is 13.2. The van der Waals surface area contributed by atoms with Crippen LogP contribution in [0.3, 0.4) is 0 Å². The summed E-state index contributed by atoms with van der Waals surface area (Å²) in [7, 11) is 0. The highest BCUT2D eigenvalue weighted by molar-refractivity contribution is 7.98. The molecule has 98 valence electrons. The van der Waals surface area contributed by atoms with Gasteiger partial charge in [-0.15, -0.1) is 0 Å². The van der Waals surface area contributed by atoms with Crippen LogP contribution in [0.5, 0.6) is 11.5 Å². The van der Waals surface area contributed by atoms with Gasteiger partial charge in [0.2, 0.25) is 6.79 Å². The first-order chi connectivity index (χ1) is 9.20. The molecule has 2 aromatic rings. The number of thioether (sulfide) groups is 1. The third-order valence-electron chi connectivity index (χ3n) is 2.55. The van der Waals surface area contributed by atoms with Crippen LogP contribution in [0.4, 0.5) is 11.6 Å². The first-order valence-electron chi connectivity index (χ1n) is 5.62. The largest absolute Gasteiger partial charge is 0.454 e. The molecular weight excluding hydrogens is 264 g/mol. The summed E-state index contributed by atoms with van der Waals surface area (Å²) >= 11 is 1.47. The summed E-state index contributed by atoms with van der Waals surface area (Å²) in [4.78, 5) is 8.23. The van der Waals surface area contributed by atoms with Crippen molar-refractivity contribution in [2.45, 2.75) is 10.9 Å². The van der Waals surface area contributed by atoms with E-state index in [0.717, 1.165) is 17.1 Å². The number of rotatable bonds is 3. The molecule has 1 aliphatic rings. The number of nitrogens with two attached hydrogens (primary N) is 2. The third-order valence-corrected chi connectivity index (χ3v) is 3.47. The Labute approximate surface area is 114 Å². The molecule has 0 radical (unpaired) electrons. The van der Waals surface area contributed by atoms with Crippen molar-refractivity contribution in [3.8, 4) is 11.5 Å². The van der Waals surface area contributed by atoms with Crippen LogP contribution < -0.4 is 20.9 Å². The second kappa shape index (κ2) is 4.85. The van der Waals surface area contributed by atoms with Crippen LogP contribution in [0.25, 0.3) is 0 Å². The molecule has 2 heterocycles. The van der Waals surface area contributed by atoms with E-state index in [0.29, 0.717) is 22.5 Å². The van der Waals surface area contributed by atoms with Gasteiger partial charge in [0.25, 0.3) is 0 Å². The molecule has 0 spiro atoms. The maximum Gasteiger partial charge on any atom is 0.231 e. The predicted octanol–water partition coefficient (Wildman–Crippen LogP) is 1.66. The van der Waals surface area contributed by atoms with Crippen molar-refractivity contribution in [1.82, 2.24) is 9.97 Å². The fourth-order valence-corrected chi connectivity index (χ4v) is 2.52. The first-order valence-corrected chi connectivity index (χ1v) is 6.60. The second-order valence-electron chi connectivity index (χ2n) is 3.98. The minimum atomic E-state index is 0.279. The van der Waals surface area contributed by atoms with Gasteiger partial charge >= 0.3 is 0 Å². The van der Waals surface area contributed by atoms with Crippen LogP contribution in [-0.4, -0.2) is 16.8 Å². The molecule has 0 saturated heterocycles. The van der Waals surface area contributed by atoms with Gasteiger partial charge in [0, 0.05) is 11.8 Å². The molecule has 19 heavy (non-hydrogen) atoms. The fraction of sp³-hybridized carbons (Fsp3) is 0.167. The molecule has 0 saturated carbocycles. The van der Waals surface area contributed by atoms with Crippen molar-refractivity contribution >= 4 is 23.4 Å². The van der Waals surface area contributed by atoms with Crippen LogP contribution in [0.1, 0.15) is 5.56 Å². The van der Waals surface area contributed by atoms with Gasteiger partial charge in [-0.05, 0) is 17.7 Å². The van der Waals surface area contributed by atoms with Crippen molar-refractivity contribution in [2.24, 2.45) is 0 Å². The molecule has 1 aliphatic heterocycles. The molecular formula is C12H12N4O2S. The quantitative estimate of drug-likeness (QED) is 0.650. The SMILES string of the molecule is Nc1cc(N)nc(SCc2ccc3c(c2)OCO3)n1. The number of fused-ring (bicyclic) bond motifs is 1. The summed E-state index contributed by atoms with van der Waals surface area (Å²) in [5, 5.41) is 0.565. The maximum absolute atomic E-state index is 5.62. The molecule has 0 atom stereocenters. The van der Waals surface area contributed by atoms with Crippen LogP contribution in [-0.2, 0) is 5.75 Å². The van der Waals surface area contributed by atoms with Crippen molar-refractivity contribution < 1.29 is 9.47 Å². The van der Waals surface area contributed by atoms with E-state index < -0.39 is 0 Å². The van der Waals surface area contributed by atoms with Crippen molar-refractivity contribution in [3.05, 3.63) is 29.8 Å². The number of nitrogen functional groups attached to an aromatic ring is 2. The van der Waals surface area contributed by atoms with Gasteiger partial charge in [-0.25, -0.2) is 9.97 Å². The molecule has 0 aliphatic carbocycles. The molecule has 4 N–H and O–H groups in total. The van der Waals surface area contributed by atoms with E-state index in [1.165, 1.54) is 17.8 Å². The van der Waals surface area contributed by atoms with E-state index in [1.54, 1.807) is 0 Å². The Morgan fingerprint density at radius 1 is 1.05 bits per heavy atom. The maximum atomic E-state index is 5.62. The Balaban J connectivity index is 1.72. The Kier molecular flexibility index (Phi) is 3.04. The van der Waals surface area contributed by atoms with Crippen LogP contribution in [0.15, 0.2) is 29.4 Å². The van der Waals surface area contributed by atoms with Gasteiger partial charge in [0.1, 0.15) is 11.6 Å². The van der Waals surface area contributed by atoms with E-state index in [-0.39, 0.29) is 6.79 Å². The molecule has 0 bridgehead atoms. The van der Waals surface area contributed by atoms with Gasteiger partial charge < -0.3 is 20.9 Å². The summed E-state index contributed by atoms with van der Waals surface area (Å²) in [5.74, 6) is 3.00. The number of nitrogens with zero attached hydrogens (tertiary/aromatic N) is 2. The van der Waals surface area contributed by atoms with Gasteiger partial charge in [0.05, 0.1) is 0 Å². The molecule has 0 fully saturated rings. The van der Waals surface area contributed by atoms with Crippen LogP contribution in [0.2, 0.25) is 0 Å². The Morgan fingerprint density at radius 2 is 1.79 bits per heavy atom. The smallest absolute Gasteiger partial charge is 0.231 e. The third kappa shape index (κ3) is 2.65. The summed E-state index contributed by atoms with van der Waals surface area (Å²) in [6, 6.07) is 7.36. The van der Waals surface area contributed by atoms with E-state index in [1.807, 2.05) is 18.2 Å². The van der Waals surface area contributed by atoms with Gasteiger partial charge in [0.15, 0.2) is 16.7 Å². The average Bonchev–Trinajstić information content (AvgIpc) is 2.82. The lowest BCUT2D eigenvalue weighted by molar-refractivity contribution is 0.174. The second-order valence-corrected chi connectivity index (χ2v) is 4.92. The number of anilines is 2. The molecule has 6 nitrogen and oxygen atoms in total. The lowest BCUT2D eigenvalue weighted by Crippen LogP contribution is -1.99. The highest BCUT2D eigenvalue weighted by Crippen LogP contribution is 2.34. The van der Waals surface area contributed by atoms with Crippen molar-refractivity contribution in [3.63, 3.8) is 0 Å². The lowest BCUT2D eigenvalue weighted by atomic mass is 10.2. The van der Waals surface area contributed by atoms with Crippen LogP contribution >= 0.6 is 11.8 Å². The van der Waals surface area contributed by atoms with E-state index in [4.69, 9.17) is 20.9 Å². The number of benzene rings is 1. The highest BCUT2D eigenvalue weighted by Gasteiger charge is 2.13. The number of ether oxygens (including phenoxy) is 2. The normalized spacial score (nSPS) is 12.6. The standard InChI is InChI=1S/C12H12N4O2S/c13-10-4-11(14)16-12(15-10)19-5-7-1-2-8-9(3-7)18-6-17-8/h1-4H,5-6H2,(H4,13,14,15,16). The first kappa shape index (κ1) is 11.9. The topological polar surface area (TPSA) is 96.3 Å². The number of hydrogen-bond acceptors (Lipinski definition) is 7. The van der Waals surface area contributed by atoms with E-state index in [9.17, 15) is 0 Å². The van der Waals surface area contributed by atoms with E-state index >= 15 is 0 Å². The fourth-order valence-electron chi connectivity index (χ4n) is 1.71. The number of hydrogen-bond donors (Lipinski definition) is 2. The summed E-state index contributed by atoms with van der Waals surface area (Å²) in [5.41, 5.74) is 12.3. The minimum Gasteiger partial charge on any atom is -0.454 e. The number of aromatic nitrogens is 2. The lowest BCUT2D eigenvalue weighted by Gasteiger charge is -2.04. The van der Waals surface area contributed by atoms with Crippen LogP contribution in [0, 0.1) is 0 Å². The molecule has 3 rings (SSSR count). The predicted molar refractivity (Wildman–Crippen MR) is 73.0 cm³/mol. The Hall–Kier alpha value is -2.15. The monoisotopic (exact) mass is 276 g/mol. The van der Waals surface area contributed by atoms with Crippen molar-refractivity contribution in [2.75, 3.05) is 18.3 Å². The van der Waals surface area contributed by atoms with E-state index in [2.05, 4.69) is 9.97 Å².